The average molecular weight is 323 g/mol. The van der Waals surface area contributed by atoms with E-state index in [1.165, 1.54) is 37.9 Å². The maximum atomic E-state index is 4.33. The molecular formula is C19H25N5. The van der Waals surface area contributed by atoms with Gasteiger partial charge >= 0.3 is 0 Å². The normalized spacial score (nSPS) is 26.9. The number of hydrogen-bond acceptors (Lipinski definition) is 5. The van der Waals surface area contributed by atoms with Gasteiger partial charge in [-0.1, -0.05) is 12.5 Å². The molecule has 5 heteroatoms. The molecule has 0 spiro atoms. The Bertz CT molecular complexity index is 633. The lowest BCUT2D eigenvalue weighted by atomic mass is 9.74. The molecule has 0 aromatic carbocycles. The summed E-state index contributed by atoms with van der Waals surface area (Å²) >= 11 is 0. The number of likely N-dealkylation sites (tertiary alicyclic amines) is 1. The molecule has 0 amide bonds. The number of fused-ring (bicyclic) bond motifs is 1. The molecule has 0 bridgehead atoms. The van der Waals surface area contributed by atoms with Crippen molar-refractivity contribution in [3.8, 4) is 0 Å². The van der Waals surface area contributed by atoms with E-state index in [0.29, 0.717) is 0 Å². The first-order valence-electron chi connectivity index (χ1n) is 8.99. The molecule has 3 heterocycles. The standard InChI is InChI=1S/C19H25N5/c1-4-16(10-23-19-11-21-7-8-22-19)18-14-24(13-17(18)5-1)12-15-3-2-6-20-9-15/h2-3,6-9,11,16-18H,1,4-5,10,12-14H2,(H,22,23)/t16-,17+,18+/m1/s1. The molecule has 24 heavy (non-hydrogen) atoms. The third-order valence-electron chi connectivity index (χ3n) is 5.56. The molecule has 1 N–H and O–H groups in total. The molecule has 2 fully saturated rings. The third-order valence-corrected chi connectivity index (χ3v) is 5.56. The number of nitrogens with zero attached hydrogens (tertiary/aromatic N) is 4. The Labute approximate surface area is 143 Å². The van der Waals surface area contributed by atoms with Crippen LogP contribution >= 0.6 is 0 Å². The van der Waals surface area contributed by atoms with Crippen LogP contribution in [0, 0.1) is 17.8 Å². The molecule has 3 atom stereocenters. The topological polar surface area (TPSA) is 53.9 Å². The SMILES string of the molecule is c1cncc(CN2C[C@@H]3CCC[C@H](CNc4cnccn4)[C@@H]3C2)c1. The van der Waals surface area contributed by atoms with Crippen LogP contribution in [0.25, 0.3) is 0 Å². The van der Waals surface area contributed by atoms with Gasteiger partial charge in [0.15, 0.2) is 0 Å². The summed E-state index contributed by atoms with van der Waals surface area (Å²) in [6.45, 7) is 4.50. The molecule has 2 aromatic heterocycles. The molecule has 0 radical (unpaired) electrons. The first-order valence-corrected chi connectivity index (χ1v) is 8.99. The summed E-state index contributed by atoms with van der Waals surface area (Å²) < 4.78 is 0. The van der Waals surface area contributed by atoms with Gasteiger partial charge in [0.2, 0.25) is 0 Å². The van der Waals surface area contributed by atoms with Crippen molar-refractivity contribution in [2.75, 3.05) is 25.0 Å². The van der Waals surface area contributed by atoms with Gasteiger partial charge in [-0.15, -0.1) is 0 Å². The molecule has 1 aliphatic carbocycles. The third kappa shape index (κ3) is 3.56. The second kappa shape index (κ2) is 7.26. The van der Waals surface area contributed by atoms with Crippen LogP contribution in [0.4, 0.5) is 5.82 Å². The van der Waals surface area contributed by atoms with Crippen LogP contribution in [0.1, 0.15) is 24.8 Å². The quantitative estimate of drug-likeness (QED) is 0.917. The van der Waals surface area contributed by atoms with E-state index in [-0.39, 0.29) is 0 Å². The van der Waals surface area contributed by atoms with Crippen molar-refractivity contribution in [2.24, 2.45) is 17.8 Å². The van der Waals surface area contributed by atoms with E-state index in [9.17, 15) is 0 Å². The highest BCUT2D eigenvalue weighted by atomic mass is 15.2. The summed E-state index contributed by atoms with van der Waals surface area (Å²) in [6, 6.07) is 4.22. The number of nitrogens with one attached hydrogen (secondary N) is 1. The number of pyridine rings is 1. The van der Waals surface area contributed by atoms with Gasteiger partial charge in [0, 0.05) is 51.0 Å². The van der Waals surface area contributed by atoms with Gasteiger partial charge in [0.05, 0.1) is 6.20 Å². The monoisotopic (exact) mass is 323 g/mol. The van der Waals surface area contributed by atoms with Crippen molar-refractivity contribution < 1.29 is 0 Å². The Morgan fingerprint density at radius 2 is 2.04 bits per heavy atom. The molecule has 126 valence electrons. The van der Waals surface area contributed by atoms with Crippen LogP contribution in [0.15, 0.2) is 43.1 Å². The molecule has 0 unspecified atom stereocenters. The Morgan fingerprint density at radius 3 is 2.88 bits per heavy atom. The zero-order valence-corrected chi connectivity index (χ0v) is 14.0. The summed E-state index contributed by atoms with van der Waals surface area (Å²) in [7, 11) is 0. The molecule has 5 nitrogen and oxygen atoms in total. The van der Waals surface area contributed by atoms with E-state index < -0.39 is 0 Å². The van der Waals surface area contributed by atoms with Gasteiger partial charge in [-0.05, 0) is 42.2 Å². The Balaban J connectivity index is 1.36. The van der Waals surface area contributed by atoms with Gasteiger partial charge in [-0.25, -0.2) is 4.98 Å². The zero-order valence-electron chi connectivity index (χ0n) is 14.0. The predicted octanol–water partition coefficient (Wildman–Crippen LogP) is 2.83. The minimum absolute atomic E-state index is 0.740. The van der Waals surface area contributed by atoms with Gasteiger partial charge < -0.3 is 5.32 Å². The van der Waals surface area contributed by atoms with Crippen molar-refractivity contribution in [2.45, 2.75) is 25.8 Å². The van der Waals surface area contributed by atoms with Gasteiger partial charge in [-0.2, -0.15) is 0 Å². The zero-order chi connectivity index (χ0) is 16.2. The van der Waals surface area contributed by atoms with Crippen LogP contribution in [-0.2, 0) is 6.54 Å². The van der Waals surface area contributed by atoms with Crippen molar-refractivity contribution in [3.63, 3.8) is 0 Å². The van der Waals surface area contributed by atoms with Crippen LogP contribution in [-0.4, -0.2) is 39.5 Å². The van der Waals surface area contributed by atoms with Crippen LogP contribution in [0.3, 0.4) is 0 Å². The van der Waals surface area contributed by atoms with E-state index in [2.05, 4.69) is 31.2 Å². The molecule has 4 rings (SSSR count). The summed E-state index contributed by atoms with van der Waals surface area (Å²) in [4.78, 5) is 15.3. The molecular weight excluding hydrogens is 298 g/mol. The van der Waals surface area contributed by atoms with Gasteiger partial charge in [0.25, 0.3) is 0 Å². The second-order valence-electron chi connectivity index (χ2n) is 7.14. The van der Waals surface area contributed by atoms with E-state index in [4.69, 9.17) is 0 Å². The molecule has 2 aliphatic rings. The first-order chi connectivity index (χ1) is 11.9. The highest BCUT2D eigenvalue weighted by molar-refractivity contribution is 5.29. The lowest BCUT2D eigenvalue weighted by Gasteiger charge is -2.33. The van der Waals surface area contributed by atoms with Crippen molar-refractivity contribution in [1.82, 2.24) is 19.9 Å². The van der Waals surface area contributed by atoms with Crippen molar-refractivity contribution >= 4 is 5.82 Å². The lowest BCUT2D eigenvalue weighted by molar-refractivity contribution is 0.207. The maximum Gasteiger partial charge on any atom is 0.144 e. The Morgan fingerprint density at radius 1 is 1.08 bits per heavy atom. The minimum atomic E-state index is 0.740. The predicted molar refractivity (Wildman–Crippen MR) is 94.4 cm³/mol. The Hall–Kier alpha value is -2.01. The lowest BCUT2D eigenvalue weighted by Crippen LogP contribution is -2.32. The summed E-state index contributed by atoms with van der Waals surface area (Å²) in [5, 5.41) is 3.49. The van der Waals surface area contributed by atoms with Crippen LogP contribution in [0.5, 0.6) is 0 Å². The summed E-state index contributed by atoms with van der Waals surface area (Å²) in [5.41, 5.74) is 1.32. The first kappa shape index (κ1) is 15.5. The fourth-order valence-corrected chi connectivity index (χ4v) is 4.44. The Kier molecular flexibility index (Phi) is 4.69. The van der Waals surface area contributed by atoms with Crippen molar-refractivity contribution in [1.29, 1.82) is 0 Å². The van der Waals surface area contributed by atoms with E-state index in [0.717, 1.165) is 36.7 Å². The maximum absolute atomic E-state index is 4.33. The fourth-order valence-electron chi connectivity index (χ4n) is 4.44. The number of hydrogen-bond donors (Lipinski definition) is 1. The van der Waals surface area contributed by atoms with Gasteiger partial charge in [0.1, 0.15) is 5.82 Å². The molecule has 2 aromatic rings. The average Bonchev–Trinajstić information content (AvgIpc) is 3.04. The van der Waals surface area contributed by atoms with E-state index in [1.54, 1.807) is 12.4 Å². The van der Waals surface area contributed by atoms with Crippen LogP contribution < -0.4 is 5.32 Å². The van der Waals surface area contributed by atoms with E-state index >= 15 is 0 Å². The fraction of sp³-hybridized carbons (Fsp3) is 0.526. The largest absolute Gasteiger partial charge is 0.369 e. The minimum Gasteiger partial charge on any atom is -0.369 e. The number of rotatable bonds is 5. The molecule has 1 saturated carbocycles. The second-order valence-corrected chi connectivity index (χ2v) is 7.14. The van der Waals surface area contributed by atoms with Crippen LogP contribution in [0.2, 0.25) is 0 Å². The number of aromatic nitrogens is 3. The summed E-state index contributed by atoms with van der Waals surface area (Å²) in [6.07, 6.45) is 13.2. The van der Waals surface area contributed by atoms with Crippen molar-refractivity contribution in [3.05, 3.63) is 48.7 Å². The van der Waals surface area contributed by atoms with Gasteiger partial charge in [-0.3, -0.25) is 14.9 Å². The molecule has 1 aliphatic heterocycles. The number of anilines is 1. The highest BCUT2D eigenvalue weighted by Crippen LogP contribution is 2.40. The summed E-state index contributed by atoms with van der Waals surface area (Å²) in [5.74, 6) is 3.29. The van der Waals surface area contributed by atoms with E-state index in [1.807, 2.05) is 24.7 Å². The highest BCUT2D eigenvalue weighted by Gasteiger charge is 2.39. The smallest absolute Gasteiger partial charge is 0.144 e. The molecule has 1 saturated heterocycles.